The topological polar surface area (TPSA) is 29.5 Å². The van der Waals surface area contributed by atoms with Crippen molar-refractivity contribution < 1.29 is 8.83 Å². The highest BCUT2D eigenvalue weighted by Crippen LogP contribution is 2.44. The van der Waals surface area contributed by atoms with Gasteiger partial charge in [-0.05, 0) is 82.8 Å². The van der Waals surface area contributed by atoms with Crippen molar-refractivity contribution in [3.63, 3.8) is 0 Å². The molecule has 11 rings (SSSR count). The van der Waals surface area contributed by atoms with Gasteiger partial charge in [-0.15, -0.1) is 11.3 Å². The Labute approximate surface area is 328 Å². The molecule has 0 amide bonds. The fourth-order valence-corrected chi connectivity index (χ4v) is 9.47. The fourth-order valence-electron chi connectivity index (χ4n) is 8.35. The number of anilines is 3. The third kappa shape index (κ3) is 5.25. The van der Waals surface area contributed by atoms with Gasteiger partial charge in [0, 0.05) is 69.9 Å². The zero-order valence-electron chi connectivity index (χ0n) is 31.3. The van der Waals surface area contributed by atoms with E-state index in [1.165, 1.54) is 25.7 Å². The van der Waals surface area contributed by atoms with E-state index in [1.807, 2.05) is 35.6 Å². The minimum atomic E-state index is 0.0867. The third-order valence-corrected chi connectivity index (χ3v) is 12.4. The zero-order chi connectivity index (χ0) is 37.5. The van der Waals surface area contributed by atoms with E-state index >= 15 is 0 Å². The Hall–Kier alpha value is -6.62. The maximum Gasteiger partial charge on any atom is 0.143 e. The Balaban J connectivity index is 1.03. The van der Waals surface area contributed by atoms with Crippen molar-refractivity contribution in [1.82, 2.24) is 0 Å². The lowest BCUT2D eigenvalue weighted by Gasteiger charge is -2.26. The second-order valence-corrected chi connectivity index (χ2v) is 16.8. The molecule has 0 N–H and O–H groups in total. The molecule has 0 spiro atoms. The van der Waals surface area contributed by atoms with Crippen LogP contribution in [0.25, 0.3) is 86.3 Å². The molecule has 0 aliphatic carbocycles. The maximum atomic E-state index is 6.42. The Kier molecular flexibility index (Phi) is 7.29. The molecule has 56 heavy (non-hydrogen) atoms. The van der Waals surface area contributed by atoms with Crippen LogP contribution in [-0.4, -0.2) is 0 Å². The van der Waals surface area contributed by atoms with Gasteiger partial charge in [-0.1, -0.05) is 130 Å². The van der Waals surface area contributed by atoms with Gasteiger partial charge in [0.25, 0.3) is 0 Å². The molecule has 3 nitrogen and oxygen atoms in total. The summed E-state index contributed by atoms with van der Waals surface area (Å²) in [5.41, 5.74) is 12.7. The third-order valence-electron chi connectivity index (χ3n) is 11.3. The average Bonchev–Trinajstić information content (AvgIpc) is 3.92. The van der Waals surface area contributed by atoms with E-state index < -0.39 is 0 Å². The lowest BCUT2D eigenvalue weighted by Crippen LogP contribution is -2.10. The quantitative estimate of drug-likeness (QED) is 0.176. The fraction of sp³-hybridized carbons (Fsp3) is 0.0769. The molecule has 0 aliphatic rings. The van der Waals surface area contributed by atoms with Gasteiger partial charge in [0.1, 0.15) is 22.3 Å². The Morgan fingerprint density at radius 1 is 0.411 bits per heavy atom. The number of benzene rings is 8. The summed E-state index contributed by atoms with van der Waals surface area (Å²) in [6, 6.07) is 61.0. The van der Waals surface area contributed by atoms with Gasteiger partial charge >= 0.3 is 0 Å². The van der Waals surface area contributed by atoms with Gasteiger partial charge in [0.2, 0.25) is 0 Å². The first-order chi connectivity index (χ1) is 27.4. The van der Waals surface area contributed by atoms with Crippen LogP contribution in [0.4, 0.5) is 17.1 Å². The average molecular weight is 740 g/mol. The highest BCUT2D eigenvalue weighted by atomic mass is 32.1. The van der Waals surface area contributed by atoms with E-state index in [-0.39, 0.29) is 5.41 Å². The van der Waals surface area contributed by atoms with Crippen LogP contribution in [-0.2, 0) is 5.41 Å². The summed E-state index contributed by atoms with van der Waals surface area (Å²) in [5.74, 6) is 0. The van der Waals surface area contributed by atoms with Crippen LogP contribution in [0, 0.1) is 0 Å². The number of para-hydroxylation sites is 4. The van der Waals surface area contributed by atoms with Gasteiger partial charge in [-0.3, -0.25) is 0 Å². The smallest absolute Gasteiger partial charge is 0.143 e. The van der Waals surface area contributed by atoms with Gasteiger partial charge in [-0.2, -0.15) is 0 Å². The highest BCUT2D eigenvalue weighted by Gasteiger charge is 2.20. The molecular formula is C52H37NO2S. The van der Waals surface area contributed by atoms with Crippen molar-refractivity contribution in [2.45, 2.75) is 26.2 Å². The van der Waals surface area contributed by atoms with Crippen LogP contribution in [0.5, 0.6) is 0 Å². The molecule has 0 radical (unpaired) electrons. The first kappa shape index (κ1) is 32.8. The van der Waals surface area contributed by atoms with Crippen LogP contribution in [0.2, 0.25) is 0 Å². The van der Waals surface area contributed by atoms with Crippen LogP contribution in [0.3, 0.4) is 0 Å². The van der Waals surface area contributed by atoms with E-state index in [0.717, 1.165) is 83.2 Å². The summed E-state index contributed by atoms with van der Waals surface area (Å²) in [5, 5.41) is 7.16. The van der Waals surface area contributed by atoms with E-state index in [1.54, 1.807) is 0 Å². The maximum absolute atomic E-state index is 6.42. The zero-order valence-corrected chi connectivity index (χ0v) is 32.2. The molecule has 0 saturated heterocycles. The van der Waals surface area contributed by atoms with E-state index in [9.17, 15) is 0 Å². The number of hydrogen-bond donors (Lipinski definition) is 0. The van der Waals surface area contributed by atoms with Crippen molar-refractivity contribution >= 4 is 92.4 Å². The van der Waals surface area contributed by atoms with Gasteiger partial charge < -0.3 is 13.7 Å². The van der Waals surface area contributed by atoms with E-state index in [2.05, 4.69) is 171 Å². The highest BCUT2D eigenvalue weighted by molar-refractivity contribution is 7.25. The minimum Gasteiger partial charge on any atom is -0.455 e. The number of nitrogens with zero attached hydrogens (tertiary/aromatic N) is 1. The molecule has 0 saturated carbocycles. The van der Waals surface area contributed by atoms with Crippen LogP contribution >= 0.6 is 11.3 Å². The summed E-state index contributed by atoms with van der Waals surface area (Å²) < 4.78 is 15.4. The molecule has 11 aromatic rings. The first-order valence-corrected chi connectivity index (χ1v) is 20.0. The lowest BCUT2D eigenvalue weighted by molar-refractivity contribution is 0.591. The van der Waals surface area contributed by atoms with Gasteiger partial charge in [0.05, 0.1) is 0 Å². The summed E-state index contributed by atoms with van der Waals surface area (Å²) in [6.07, 6.45) is 0. The Morgan fingerprint density at radius 2 is 0.929 bits per heavy atom. The number of rotatable bonds is 5. The molecule has 4 heteroatoms. The SMILES string of the molecule is CC(C)(C)c1ccc2sc3cc(N(c4ccc(-c5cccc6c5oc5ccccc56)cc4)c4ccc(-c5cccc6c5oc5ccccc56)cc4)ccc3c2c1. The van der Waals surface area contributed by atoms with Crippen LogP contribution < -0.4 is 4.90 Å². The van der Waals surface area contributed by atoms with E-state index in [0.29, 0.717) is 0 Å². The number of furan rings is 2. The number of fused-ring (bicyclic) bond motifs is 9. The largest absolute Gasteiger partial charge is 0.455 e. The predicted octanol–water partition coefficient (Wildman–Crippen LogP) is 16.0. The van der Waals surface area contributed by atoms with Gasteiger partial charge in [0.15, 0.2) is 0 Å². The summed E-state index contributed by atoms with van der Waals surface area (Å²) in [6.45, 7) is 6.84. The summed E-state index contributed by atoms with van der Waals surface area (Å²) >= 11 is 1.86. The second kappa shape index (κ2) is 12.5. The lowest BCUT2D eigenvalue weighted by atomic mass is 9.86. The van der Waals surface area contributed by atoms with Crippen molar-refractivity contribution in [3.8, 4) is 22.3 Å². The molecule has 8 aromatic carbocycles. The molecule has 0 bridgehead atoms. The number of hydrogen-bond acceptors (Lipinski definition) is 4. The molecule has 268 valence electrons. The standard InChI is InChI=1S/C52H37NO2S/c1-52(2,3)34-22-29-48-45(30-34)42-28-27-37(31-49(42)56-48)53(35-23-18-32(19-24-35)38-12-8-14-43-40-10-4-6-16-46(40)54-50(38)43)36-25-20-33(21-26-36)39-13-9-15-44-41-11-5-7-17-47(41)55-51(39)44/h4-31H,1-3H3. The van der Waals surface area contributed by atoms with Crippen LogP contribution in [0.15, 0.2) is 179 Å². The normalized spacial score (nSPS) is 12.2. The predicted molar refractivity (Wildman–Crippen MR) is 238 cm³/mol. The van der Waals surface area contributed by atoms with Gasteiger partial charge in [-0.25, -0.2) is 0 Å². The van der Waals surface area contributed by atoms with Crippen molar-refractivity contribution in [2.75, 3.05) is 4.90 Å². The molecule has 0 fully saturated rings. The van der Waals surface area contributed by atoms with Crippen molar-refractivity contribution in [1.29, 1.82) is 0 Å². The Bertz CT molecular complexity index is 3130. The van der Waals surface area contributed by atoms with E-state index in [4.69, 9.17) is 8.83 Å². The molecule has 0 atom stereocenters. The number of thiophene rings is 1. The first-order valence-electron chi connectivity index (χ1n) is 19.2. The molecular weight excluding hydrogens is 703 g/mol. The second-order valence-electron chi connectivity index (χ2n) is 15.7. The molecule has 3 heterocycles. The Morgan fingerprint density at radius 3 is 1.48 bits per heavy atom. The molecule has 3 aromatic heterocycles. The molecule has 0 aliphatic heterocycles. The van der Waals surface area contributed by atoms with Crippen molar-refractivity contribution in [2.24, 2.45) is 0 Å². The minimum absolute atomic E-state index is 0.0867. The van der Waals surface area contributed by atoms with Crippen molar-refractivity contribution in [3.05, 3.63) is 175 Å². The monoisotopic (exact) mass is 739 g/mol. The molecule has 0 unspecified atom stereocenters. The summed E-state index contributed by atoms with van der Waals surface area (Å²) in [4.78, 5) is 2.36. The summed E-state index contributed by atoms with van der Waals surface area (Å²) in [7, 11) is 0. The van der Waals surface area contributed by atoms with Crippen LogP contribution in [0.1, 0.15) is 26.3 Å².